The molecule has 66 valence electrons. The molecule has 2 heterocycles. The van der Waals surface area contributed by atoms with Gasteiger partial charge in [0.1, 0.15) is 0 Å². The molecule has 0 radical (unpaired) electrons. The highest BCUT2D eigenvalue weighted by Gasteiger charge is 2.06. The number of hydrogen-bond acceptors (Lipinski definition) is 3. The maximum Gasteiger partial charge on any atom is 0.162 e. The minimum atomic E-state index is 0.730. The molecule has 0 fully saturated rings. The number of rotatable bonds is 2. The first-order chi connectivity index (χ1) is 6.42. The van der Waals surface area contributed by atoms with Crippen molar-refractivity contribution in [2.24, 2.45) is 0 Å². The van der Waals surface area contributed by atoms with E-state index in [-0.39, 0.29) is 0 Å². The van der Waals surface area contributed by atoms with Crippen LogP contribution in [0, 0.1) is 0 Å². The molecule has 0 amide bonds. The first-order valence-electron chi connectivity index (χ1n) is 4.21. The second kappa shape index (κ2) is 3.35. The van der Waals surface area contributed by atoms with E-state index in [2.05, 4.69) is 27.1 Å². The monoisotopic (exact) mass is 174 g/mol. The molecule has 0 atom stereocenters. The van der Waals surface area contributed by atoms with Crippen molar-refractivity contribution < 1.29 is 0 Å². The molecule has 2 aromatic rings. The lowest BCUT2D eigenvalue weighted by Gasteiger charge is -1.96. The van der Waals surface area contributed by atoms with Gasteiger partial charge in [0.2, 0.25) is 0 Å². The number of aryl methyl sites for hydroxylation is 1. The third kappa shape index (κ3) is 1.42. The van der Waals surface area contributed by atoms with Crippen molar-refractivity contribution in [2.75, 3.05) is 0 Å². The van der Waals surface area contributed by atoms with Gasteiger partial charge in [-0.1, -0.05) is 6.92 Å². The van der Waals surface area contributed by atoms with E-state index in [1.165, 1.54) is 0 Å². The van der Waals surface area contributed by atoms with Crippen molar-refractivity contribution in [3.8, 4) is 11.4 Å². The van der Waals surface area contributed by atoms with Crippen LogP contribution in [0.2, 0.25) is 0 Å². The van der Waals surface area contributed by atoms with Crippen molar-refractivity contribution in [1.82, 2.24) is 20.2 Å². The minimum absolute atomic E-state index is 0.730. The molecule has 2 rings (SSSR count). The Morgan fingerprint density at radius 2 is 2.08 bits per heavy atom. The predicted molar refractivity (Wildman–Crippen MR) is 49.0 cm³/mol. The molecular formula is C9H10N4. The number of aromatic nitrogens is 4. The van der Waals surface area contributed by atoms with Crippen LogP contribution in [-0.2, 0) is 6.42 Å². The van der Waals surface area contributed by atoms with Gasteiger partial charge < -0.3 is 0 Å². The number of hydrogen-bond donors (Lipinski definition) is 1. The van der Waals surface area contributed by atoms with Gasteiger partial charge in [-0.2, -0.15) is 5.10 Å². The first kappa shape index (κ1) is 7.91. The van der Waals surface area contributed by atoms with Crippen molar-refractivity contribution in [2.45, 2.75) is 13.3 Å². The summed E-state index contributed by atoms with van der Waals surface area (Å²) in [6.07, 6.45) is 6.13. The van der Waals surface area contributed by atoms with Gasteiger partial charge in [-0.3, -0.25) is 5.10 Å². The Kier molecular flexibility index (Phi) is 2.04. The van der Waals surface area contributed by atoms with Crippen LogP contribution in [0.3, 0.4) is 0 Å². The zero-order chi connectivity index (χ0) is 9.10. The van der Waals surface area contributed by atoms with E-state index < -0.39 is 0 Å². The molecule has 2 aromatic heterocycles. The van der Waals surface area contributed by atoms with E-state index in [0.29, 0.717) is 0 Å². The summed E-state index contributed by atoms with van der Waals surface area (Å²) >= 11 is 0. The Morgan fingerprint density at radius 1 is 1.31 bits per heavy atom. The van der Waals surface area contributed by atoms with Crippen LogP contribution in [0.15, 0.2) is 24.7 Å². The van der Waals surface area contributed by atoms with Crippen LogP contribution in [0.25, 0.3) is 11.4 Å². The largest absolute Gasteiger partial charge is 0.282 e. The second-order valence-corrected chi connectivity index (χ2v) is 2.69. The predicted octanol–water partition coefficient (Wildman–Crippen LogP) is 1.43. The number of aromatic amines is 1. The third-order valence-corrected chi connectivity index (χ3v) is 1.88. The van der Waals surface area contributed by atoms with Gasteiger partial charge in [0.15, 0.2) is 5.82 Å². The van der Waals surface area contributed by atoms with E-state index >= 15 is 0 Å². The lowest BCUT2D eigenvalue weighted by molar-refractivity contribution is 0.973. The van der Waals surface area contributed by atoms with E-state index in [4.69, 9.17) is 0 Å². The smallest absolute Gasteiger partial charge is 0.162 e. The quantitative estimate of drug-likeness (QED) is 0.749. The summed E-state index contributed by atoms with van der Waals surface area (Å²) < 4.78 is 0. The Morgan fingerprint density at radius 3 is 2.77 bits per heavy atom. The average molecular weight is 174 g/mol. The number of nitrogens with zero attached hydrogens (tertiary/aromatic N) is 3. The van der Waals surface area contributed by atoms with Crippen LogP contribution < -0.4 is 0 Å². The fourth-order valence-electron chi connectivity index (χ4n) is 1.21. The number of H-pyrrole nitrogens is 1. The van der Waals surface area contributed by atoms with Crippen molar-refractivity contribution in [3.05, 3.63) is 30.4 Å². The molecule has 0 spiro atoms. The summed E-state index contributed by atoms with van der Waals surface area (Å²) in [5.41, 5.74) is 2.06. The fraction of sp³-hybridized carbons (Fsp3) is 0.222. The molecule has 4 nitrogen and oxygen atoms in total. The van der Waals surface area contributed by atoms with Gasteiger partial charge in [0, 0.05) is 18.1 Å². The highest BCUT2D eigenvalue weighted by Crippen LogP contribution is 2.16. The van der Waals surface area contributed by atoms with Gasteiger partial charge in [-0.25, -0.2) is 9.97 Å². The van der Waals surface area contributed by atoms with Gasteiger partial charge in [-0.05, 0) is 12.5 Å². The summed E-state index contributed by atoms with van der Waals surface area (Å²) in [5.74, 6) is 0.730. The summed E-state index contributed by atoms with van der Waals surface area (Å²) in [4.78, 5) is 8.32. The lowest BCUT2D eigenvalue weighted by atomic mass is 10.2. The fourth-order valence-corrected chi connectivity index (χ4v) is 1.21. The second-order valence-electron chi connectivity index (χ2n) is 2.69. The average Bonchev–Trinajstić information content (AvgIpc) is 2.67. The van der Waals surface area contributed by atoms with Crippen LogP contribution in [-0.4, -0.2) is 20.2 Å². The van der Waals surface area contributed by atoms with E-state index in [0.717, 1.165) is 23.5 Å². The molecule has 0 aromatic carbocycles. The summed E-state index contributed by atoms with van der Waals surface area (Å²) in [6.45, 7) is 2.07. The van der Waals surface area contributed by atoms with Gasteiger partial charge in [0.05, 0.1) is 11.8 Å². The zero-order valence-electron chi connectivity index (χ0n) is 7.36. The van der Waals surface area contributed by atoms with Crippen molar-refractivity contribution in [1.29, 1.82) is 0 Å². The van der Waals surface area contributed by atoms with Crippen LogP contribution in [0.5, 0.6) is 0 Å². The Labute approximate surface area is 76.1 Å². The SMILES string of the molecule is CCc1[nH]ncc1-c1ncccn1. The maximum absolute atomic E-state index is 4.16. The third-order valence-electron chi connectivity index (χ3n) is 1.88. The Bertz CT molecular complexity index is 380. The zero-order valence-corrected chi connectivity index (χ0v) is 7.36. The molecule has 0 aliphatic carbocycles. The normalized spacial score (nSPS) is 10.2. The van der Waals surface area contributed by atoms with Crippen LogP contribution >= 0.6 is 0 Å². The molecule has 0 aliphatic heterocycles. The molecule has 13 heavy (non-hydrogen) atoms. The topological polar surface area (TPSA) is 54.5 Å². The molecule has 0 aliphatic rings. The number of nitrogens with one attached hydrogen (secondary N) is 1. The van der Waals surface area contributed by atoms with Crippen molar-refractivity contribution in [3.63, 3.8) is 0 Å². The summed E-state index contributed by atoms with van der Waals surface area (Å²) in [5, 5.41) is 6.89. The van der Waals surface area contributed by atoms with Crippen LogP contribution in [0.1, 0.15) is 12.6 Å². The molecule has 0 saturated heterocycles. The Hall–Kier alpha value is -1.71. The molecule has 0 unspecified atom stereocenters. The highest BCUT2D eigenvalue weighted by molar-refractivity contribution is 5.56. The van der Waals surface area contributed by atoms with Gasteiger partial charge >= 0.3 is 0 Å². The molecule has 1 N–H and O–H groups in total. The molecular weight excluding hydrogens is 164 g/mol. The highest BCUT2D eigenvalue weighted by atomic mass is 15.1. The Balaban J connectivity index is 2.47. The molecule has 4 heteroatoms. The summed E-state index contributed by atoms with van der Waals surface area (Å²) in [7, 11) is 0. The maximum atomic E-state index is 4.16. The summed E-state index contributed by atoms with van der Waals surface area (Å²) in [6, 6.07) is 1.80. The standard InChI is InChI=1S/C9H10N4/c1-2-8-7(6-12-13-8)9-10-4-3-5-11-9/h3-6H,2H2,1H3,(H,12,13). The van der Waals surface area contributed by atoms with E-state index in [9.17, 15) is 0 Å². The first-order valence-corrected chi connectivity index (χ1v) is 4.21. The molecule has 0 bridgehead atoms. The van der Waals surface area contributed by atoms with Gasteiger partial charge in [-0.15, -0.1) is 0 Å². The lowest BCUT2D eigenvalue weighted by Crippen LogP contribution is -1.89. The van der Waals surface area contributed by atoms with Crippen molar-refractivity contribution >= 4 is 0 Å². The van der Waals surface area contributed by atoms with Gasteiger partial charge in [0.25, 0.3) is 0 Å². The van der Waals surface area contributed by atoms with Crippen LogP contribution in [0.4, 0.5) is 0 Å². The van der Waals surface area contributed by atoms with E-state index in [1.807, 2.05) is 0 Å². The minimum Gasteiger partial charge on any atom is -0.282 e. The molecule has 0 saturated carbocycles. The van der Waals surface area contributed by atoms with E-state index in [1.54, 1.807) is 24.7 Å².